The zero-order valence-corrected chi connectivity index (χ0v) is 19.5. The van der Waals surface area contributed by atoms with Crippen molar-refractivity contribution >= 4 is 28.9 Å². The molecule has 0 unspecified atom stereocenters. The molecular formula is C24H23N3O3S2. The third kappa shape index (κ3) is 4.87. The molecule has 0 aliphatic heterocycles. The van der Waals surface area contributed by atoms with E-state index in [-0.39, 0.29) is 5.78 Å². The molecule has 0 spiro atoms. The number of benzene rings is 2. The lowest BCUT2D eigenvalue weighted by Gasteiger charge is -2.13. The van der Waals surface area contributed by atoms with E-state index in [2.05, 4.69) is 10.2 Å². The van der Waals surface area contributed by atoms with E-state index in [1.165, 1.54) is 11.3 Å². The molecule has 2 heterocycles. The Bertz CT molecular complexity index is 1170. The number of methoxy groups -OCH3 is 2. The number of thioether (sulfide) groups is 1. The summed E-state index contributed by atoms with van der Waals surface area (Å²) >= 11 is 3.08. The summed E-state index contributed by atoms with van der Waals surface area (Å²) in [5.74, 6) is 2.99. The van der Waals surface area contributed by atoms with Crippen LogP contribution >= 0.6 is 23.1 Å². The molecular weight excluding hydrogens is 442 g/mol. The standard InChI is InChI=1S/C24H23N3O3S2/c1-29-20-13-12-18(16-21(20)30-2)27-23(17-8-4-3-5-9-17)25-26-24(27)32-15-6-10-19(28)22-11-7-14-31-22/h3-5,7-9,11-14,16H,6,10,15H2,1-2H3. The maximum Gasteiger partial charge on any atom is 0.196 e. The zero-order valence-electron chi connectivity index (χ0n) is 17.9. The second kappa shape index (κ2) is 10.5. The van der Waals surface area contributed by atoms with Gasteiger partial charge in [0.25, 0.3) is 0 Å². The summed E-state index contributed by atoms with van der Waals surface area (Å²) in [4.78, 5) is 13.1. The average Bonchev–Trinajstić information content (AvgIpc) is 3.52. The molecule has 4 rings (SSSR count). The van der Waals surface area contributed by atoms with Gasteiger partial charge in [0.15, 0.2) is 28.3 Å². The van der Waals surface area contributed by atoms with Gasteiger partial charge in [0.1, 0.15) is 0 Å². The molecule has 0 aliphatic rings. The van der Waals surface area contributed by atoms with Crippen LogP contribution in [0.1, 0.15) is 22.5 Å². The van der Waals surface area contributed by atoms with Crippen molar-refractivity contribution in [3.05, 3.63) is 70.9 Å². The number of ether oxygens (including phenoxy) is 2. The van der Waals surface area contributed by atoms with Crippen LogP contribution in [-0.4, -0.2) is 40.5 Å². The Morgan fingerprint density at radius 3 is 2.53 bits per heavy atom. The van der Waals surface area contributed by atoms with Crippen molar-refractivity contribution in [2.45, 2.75) is 18.0 Å². The number of carbonyl (C=O) groups excluding carboxylic acids is 1. The summed E-state index contributed by atoms with van der Waals surface area (Å²) in [7, 11) is 3.23. The molecule has 0 bridgehead atoms. The summed E-state index contributed by atoms with van der Waals surface area (Å²) in [5.41, 5.74) is 1.85. The van der Waals surface area contributed by atoms with Crippen LogP contribution in [0.15, 0.2) is 71.2 Å². The van der Waals surface area contributed by atoms with Gasteiger partial charge in [-0.3, -0.25) is 9.36 Å². The lowest BCUT2D eigenvalue weighted by atomic mass is 10.2. The third-order valence-electron chi connectivity index (χ3n) is 4.87. The first-order chi connectivity index (χ1) is 15.7. The summed E-state index contributed by atoms with van der Waals surface area (Å²) in [5, 5.41) is 11.6. The van der Waals surface area contributed by atoms with E-state index >= 15 is 0 Å². The van der Waals surface area contributed by atoms with E-state index in [1.807, 2.05) is 70.6 Å². The summed E-state index contributed by atoms with van der Waals surface area (Å²) < 4.78 is 12.9. The number of aromatic nitrogens is 3. The van der Waals surface area contributed by atoms with E-state index in [9.17, 15) is 4.79 Å². The quantitative estimate of drug-likeness (QED) is 0.168. The van der Waals surface area contributed by atoms with Gasteiger partial charge < -0.3 is 9.47 Å². The van der Waals surface area contributed by atoms with Crippen molar-refractivity contribution in [1.82, 2.24) is 14.8 Å². The highest BCUT2D eigenvalue weighted by molar-refractivity contribution is 7.99. The molecule has 0 saturated heterocycles. The predicted molar refractivity (Wildman–Crippen MR) is 129 cm³/mol. The number of hydrogen-bond acceptors (Lipinski definition) is 7. The Labute approximate surface area is 195 Å². The van der Waals surface area contributed by atoms with Gasteiger partial charge in [-0.1, -0.05) is 48.2 Å². The van der Waals surface area contributed by atoms with Gasteiger partial charge in [0, 0.05) is 23.8 Å². The van der Waals surface area contributed by atoms with Gasteiger partial charge in [0.2, 0.25) is 0 Å². The smallest absolute Gasteiger partial charge is 0.196 e. The highest BCUT2D eigenvalue weighted by Gasteiger charge is 2.18. The minimum absolute atomic E-state index is 0.187. The van der Waals surface area contributed by atoms with Crippen molar-refractivity contribution < 1.29 is 14.3 Å². The van der Waals surface area contributed by atoms with Crippen LogP contribution in [0.25, 0.3) is 17.1 Å². The van der Waals surface area contributed by atoms with E-state index in [0.717, 1.165) is 39.3 Å². The second-order valence-electron chi connectivity index (χ2n) is 6.90. The molecule has 0 fully saturated rings. The molecule has 164 valence electrons. The molecule has 32 heavy (non-hydrogen) atoms. The van der Waals surface area contributed by atoms with Gasteiger partial charge in [-0.15, -0.1) is 21.5 Å². The Morgan fingerprint density at radius 1 is 1.00 bits per heavy atom. The van der Waals surface area contributed by atoms with E-state index in [4.69, 9.17) is 9.47 Å². The number of Topliss-reactive ketones (excluding diaryl/α,β-unsaturated/α-hetero) is 1. The summed E-state index contributed by atoms with van der Waals surface area (Å²) in [6.07, 6.45) is 1.28. The van der Waals surface area contributed by atoms with Crippen LogP contribution in [-0.2, 0) is 0 Å². The van der Waals surface area contributed by atoms with Gasteiger partial charge in [-0.2, -0.15) is 0 Å². The van der Waals surface area contributed by atoms with Crippen LogP contribution in [0.4, 0.5) is 0 Å². The van der Waals surface area contributed by atoms with E-state index in [0.29, 0.717) is 17.9 Å². The predicted octanol–water partition coefficient (Wildman–Crippen LogP) is 5.77. The maximum absolute atomic E-state index is 12.3. The highest BCUT2D eigenvalue weighted by Crippen LogP contribution is 2.34. The van der Waals surface area contributed by atoms with Crippen LogP contribution in [0.2, 0.25) is 0 Å². The van der Waals surface area contributed by atoms with E-state index in [1.54, 1.807) is 26.0 Å². The first-order valence-corrected chi connectivity index (χ1v) is 12.0. The second-order valence-corrected chi connectivity index (χ2v) is 8.91. The first-order valence-electron chi connectivity index (χ1n) is 10.1. The summed E-state index contributed by atoms with van der Waals surface area (Å²) in [6, 6.07) is 19.5. The molecule has 8 heteroatoms. The largest absolute Gasteiger partial charge is 0.493 e. The van der Waals surface area contributed by atoms with Crippen molar-refractivity contribution in [2.75, 3.05) is 20.0 Å². The topological polar surface area (TPSA) is 66.2 Å². The molecule has 4 aromatic rings. The number of thiophene rings is 1. The number of nitrogens with zero attached hydrogens (tertiary/aromatic N) is 3. The zero-order chi connectivity index (χ0) is 22.3. The lowest BCUT2D eigenvalue weighted by molar-refractivity contribution is 0.0986. The Kier molecular flexibility index (Phi) is 7.24. The Morgan fingerprint density at radius 2 is 1.81 bits per heavy atom. The van der Waals surface area contributed by atoms with Crippen LogP contribution in [0.5, 0.6) is 11.5 Å². The van der Waals surface area contributed by atoms with E-state index < -0.39 is 0 Å². The molecule has 0 aliphatic carbocycles. The SMILES string of the molecule is COc1ccc(-n2c(SCCCC(=O)c3cccs3)nnc2-c2ccccc2)cc1OC. The van der Waals surface area contributed by atoms with Crippen LogP contribution in [0, 0.1) is 0 Å². The Hall–Kier alpha value is -3.10. The number of carbonyl (C=O) groups is 1. The van der Waals surface area contributed by atoms with Crippen molar-refractivity contribution in [3.8, 4) is 28.6 Å². The van der Waals surface area contributed by atoms with Gasteiger partial charge >= 0.3 is 0 Å². The fourth-order valence-electron chi connectivity index (χ4n) is 3.29. The number of ketones is 1. The maximum atomic E-state index is 12.3. The summed E-state index contributed by atoms with van der Waals surface area (Å²) in [6.45, 7) is 0. The molecule has 2 aromatic heterocycles. The van der Waals surface area contributed by atoms with Crippen molar-refractivity contribution in [2.24, 2.45) is 0 Å². The fourth-order valence-corrected chi connectivity index (χ4v) is 4.88. The minimum atomic E-state index is 0.187. The molecule has 6 nitrogen and oxygen atoms in total. The van der Waals surface area contributed by atoms with Crippen molar-refractivity contribution in [3.63, 3.8) is 0 Å². The van der Waals surface area contributed by atoms with Gasteiger partial charge in [0.05, 0.1) is 24.8 Å². The number of rotatable bonds is 10. The average molecular weight is 466 g/mol. The Balaban J connectivity index is 1.59. The van der Waals surface area contributed by atoms with Crippen LogP contribution < -0.4 is 9.47 Å². The molecule has 2 aromatic carbocycles. The van der Waals surface area contributed by atoms with Gasteiger partial charge in [-0.05, 0) is 30.0 Å². The van der Waals surface area contributed by atoms with Gasteiger partial charge in [-0.25, -0.2) is 0 Å². The molecule has 0 atom stereocenters. The molecule has 0 amide bonds. The molecule has 0 radical (unpaired) electrons. The number of hydrogen-bond donors (Lipinski definition) is 0. The lowest BCUT2D eigenvalue weighted by Crippen LogP contribution is -2.02. The highest BCUT2D eigenvalue weighted by atomic mass is 32.2. The molecule has 0 N–H and O–H groups in total. The third-order valence-corrected chi connectivity index (χ3v) is 6.79. The minimum Gasteiger partial charge on any atom is -0.493 e. The van der Waals surface area contributed by atoms with Crippen LogP contribution in [0.3, 0.4) is 0 Å². The van der Waals surface area contributed by atoms with Crippen molar-refractivity contribution in [1.29, 1.82) is 0 Å². The monoisotopic (exact) mass is 465 g/mol. The first kappa shape index (κ1) is 22.1. The molecule has 0 saturated carbocycles. The fraction of sp³-hybridized carbons (Fsp3) is 0.208. The normalized spacial score (nSPS) is 10.8.